The molecule has 0 amide bonds. The van der Waals surface area contributed by atoms with Crippen molar-refractivity contribution in [3.8, 4) is 0 Å². The van der Waals surface area contributed by atoms with Crippen LogP contribution in [0.4, 0.5) is 5.82 Å². The molecule has 1 heterocycles. The molecule has 3 heteroatoms. The van der Waals surface area contributed by atoms with Crippen LogP contribution in [0.1, 0.15) is 42.4 Å². The number of nitrogens with zero attached hydrogens (tertiary/aromatic N) is 2. The third-order valence-corrected chi connectivity index (χ3v) is 2.99. The van der Waals surface area contributed by atoms with Crippen molar-refractivity contribution in [1.29, 1.82) is 0 Å². The zero-order chi connectivity index (χ0) is 13.1. The highest BCUT2D eigenvalue weighted by atomic mass is 15.0. The summed E-state index contributed by atoms with van der Waals surface area (Å²) in [5, 5.41) is 0. The number of rotatable bonds is 3. The molecule has 0 unspecified atom stereocenters. The molecule has 0 atom stereocenters. The molecule has 0 saturated carbocycles. The smallest absolute Gasteiger partial charge is 0.135 e. The second kappa shape index (κ2) is 5.17. The Morgan fingerprint density at radius 3 is 2.33 bits per heavy atom. The molecule has 2 aromatic rings. The summed E-state index contributed by atoms with van der Waals surface area (Å²) in [6.07, 6.45) is 0.726. The van der Waals surface area contributed by atoms with Crippen LogP contribution in [0.15, 0.2) is 30.3 Å². The molecule has 0 fully saturated rings. The average Bonchev–Trinajstić information content (AvgIpc) is 2.28. The summed E-state index contributed by atoms with van der Waals surface area (Å²) in [6, 6.07) is 10.2. The number of nitrogens with two attached hydrogens (primary N) is 1. The van der Waals surface area contributed by atoms with E-state index in [0.29, 0.717) is 11.7 Å². The number of hydrogen-bond donors (Lipinski definition) is 1. The first-order valence-electron chi connectivity index (χ1n) is 6.24. The highest BCUT2D eigenvalue weighted by Gasteiger charge is 2.12. The number of aryl methyl sites for hydroxylation is 1. The number of hydrogen-bond acceptors (Lipinski definition) is 3. The van der Waals surface area contributed by atoms with Gasteiger partial charge in [-0.25, -0.2) is 9.97 Å². The molecule has 0 bridgehead atoms. The van der Waals surface area contributed by atoms with E-state index in [1.807, 2.05) is 25.1 Å². The molecular weight excluding hydrogens is 222 g/mol. The van der Waals surface area contributed by atoms with Crippen LogP contribution in [0.2, 0.25) is 0 Å². The predicted molar refractivity (Wildman–Crippen MR) is 74.5 cm³/mol. The lowest BCUT2D eigenvalue weighted by molar-refractivity contribution is 0.817. The number of aromatic nitrogens is 2. The van der Waals surface area contributed by atoms with E-state index >= 15 is 0 Å². The van der Waals surface area contributed by atoms with Crippen molar-refractivity contribution in [2.24, 2.45) is 0 Å². The Kier molecular flexibility index (Phi) is 3.60. The number of benzene rings is 1. The Hall–Kier alpha value is -1.90. The van der Waals surface area contributed by atoms with E-state index in [9.17, 15) is 0 Å². The monoisotopic (exact) mass is 241 g/mol. The average molecular weight is 241 g/mol. The van der Waals surface area contributed by atoms with Crippen LogP contribution in [0.5, 0.6) is 0 Å². The van der Waals surface area contributed by atoms with Crippen LogP contribution in [-0.2, 0) is 6.42 Å². The van der Waals surface area contributed by atoms with Crippen LogP contribution >= 0.6 is 0 Å². The van der Waals surface area contributed by atoms with E-state index < -0.39 is 0 Å². The van der Waals surface area contributed by atoms with Crippen molar-refractivity contribution in [3.63, 3.8) is 0 Å². The summed E-state index contributed by atoms with van der Waals surface area (Å²) in [6.45, 7) is 6.22. The molecule has 0 radical (unpaired) electrons. The van der Waals surface area contributed by atoms with Gasteiger partial charge in [-0.3, -0.25) is 0 Å². The zero-order valence-electron chi connectivity index (χ0n) is 11.1. The summed E-state index contributed by atoms with van der Waals surface area (Å²) in [5.74, 6) is 1.76. The largest absolute Gasteiger partial charge is 0.383 e. The van der Waals surface area contributed by atoms with Crippen molar-refractivity contribution in [2.75, 3.05) is 5.73 Å². The van der Waals surface area contributed by atoms with Gasteiger partial charge >= 0.3 is 0 Å². The third kappa shape index (κ3) is 2.67. The summed E-state index contributed by atoms with van der Waals surface area (Å²) in [7, 11) is 0. The third-order valence-electron chi connectivity index (χ3n) is 2.99. The van der Waals surface area contributed by atoms with Gasteiger partial charge in [0, 0.05) is 17.7 Å². The Balaban J connectivity index is 2.31. The quantitative estimate of drug-likeness (QED) is 0.898. The summed E-state index contributed by atoms with van der Waals surface area (Å²) in [5.41, 5.74) is 9.28. The SMILES string of the molecule is Cc1nc(Cc2ccccc2)nc(N)c1C(C)C. The molecule has 1 aromatic heterocycles. The van der Waals surface area contributed by atoms with Gasteiger partial charge in [0.2, 0.25) is 0 Å². The van der Waals surface area contributed by atoms with Gasteiger partial charge in [0.05, 0.1) is 0 Å². The van der Waals surface area contributed by atoms with Crippen LogP contribution in [-0.4, -0.2) is 9.97 Å². The lowest BCUT2D eigenvalue weighted by atomic mass is 10.0. The number of anilines is 1. The maximum atomic E-state index is 6.03. The van der Waals surface area contributed by atoms with E-state index in [0.717, 1.165) is 23.5 Å². The summed E-state index contributed by atoms with van der Waals surface area (Å²) in [4.78, 5) is 8.98. The first-order valence-corrected chi connectivity index (χ1v) is 6.24. The molecular formula is C15H19N3. The Morgan fingerprint density at radius 2 is 1.78 bits per heavy atom. The van der Waals surface area contributed by atoms with Crippen molar-refractivity contribution in [3.05, 3.63) is 53.0 Å². The van der Waals surface area contributed by atoms with Gasteiger partial charge in [-0.2, -0.15) is 0 Å². The molecule has 0 aliphatic heterocycles. The normalized spacial score (nSPS) is 10.9. The van der Waals surface area contributed by atoms with Crippen molar-refractivity contribution < 1.29 is 0 Å². The van der Waals surface area contributed by atoms with Crippen LogP contribution in [0, 0.1) is 6.92 Å². The zero-order valence-corrected chi connectivity index (χ0v) is 11.1. The minimum Gasteiger partial charge on any atom is -0.383 e. The Bertz CT molecular complexity index is 510. The minimum absolute atomic E-state index is 0.357. The van der Waals surface area contributed by atoms with Gasteiger partial charge < -0.3 is 5.73 Å². The van der Waals surface area contributed by atoms with E-state index in [-0.39, 0.29) is 0 Å². The van der Waals surface area contributed by atoms with Gasteiger partial charge in [0.25, 0.3) is 0 Å². The second-order valence-corrected chi connectivity index (χ2v) is 4.84. The molecule has 3 nitrogen and oxygen atoms in total. The highest BCUT2D eigenvalue weighted by molar-refractivity contribution is 5.44. The molecule has 0 aliphatic rings. The molecule has 0 aliphatic carbocycles. The first-order chi connectivity index (χ1) is 8.58. The van der Waals surface area contributed by atoms with Gasteiger partial charge in [0.1, 0.15) is 11.6 Å². The van der Waals surface area contributed by atoms with Crippen molar-refractivity contribution in [1.82, 2.24) is 9.97 Å². The fourth-order valence-corrected chi connectivity index (χ4v) is 2.23. The van der Waals surface area contributed by atoms with Crippen LogP contribution < -0.4 is 5.73 Å². The molecule has 2 rings (SSSR count). The Labute approximate surface area is 108 Å². The van der Waals surface area contributed by atoms with Gasteiger partial charge in [-0.15, -0.1) is 0 Å². The summed E-state index contributed by atoms with van der Waals surface area (Å²) >= 11 is 0. The van der Waals surface area contributed by atoms with E-state index in [1.165, 1.54) is 5.56 Å². The number of nitrogen functional groups attached to an aromatic ring is 1. The van der Waals surface area contributed by atoms with E-state index in [1.54, 1.807) is 0 Å². The predicted octanol–water partition coefficient (Wildman–Crippen LogP) is 3.08. The molecule has 1 aromatic carbocycles. The molecule has 0 spiro atoms. The minimum atomic E-state index is 0.357. The first kappa shape index (κ1) is 12.6. The highest BCUT2D eigenvalue weighted by Crippen LogP contribution is 2.23. The van der Waals surface area contributed by atoms with Crippen LogP contribution in [0.25, 0.3) is 0 Å². The molecule has 0 saturated heterocycles. The summed E-state index contributed by atoms with van der Waals surface area (Å²) < 4.78 is 0. The van der Waals surface area contributed by atoms with E-state index in [4.69, 9.17) is 5.73 Å². The molecule has 18 heavy (non-hydrogen) atoms. The lowest BCUT2D eigenvalue weighted by Gasteiger charge is -2.13. The van der Waals surface area contributed by atoms with Crippen LogP contribution in [0.3, 0.4) is 0 Å². The fraction of sp³-hybridized carbons (Fsp3) is 0.333. The van der Waals surface area contributed by atoms with Gasteiger partial charge in [0.15, 0.2) is 0 Å². The lowest BCUT2D eigenvalue weighted by Crippen LogP contribution is -2.09. The molecule has 2 N–H and O–H groups in total. The van der Waals surface area contributed by atoms with E-state index in [2.05, 4.69) is 35.9 Å². The fourth-order valence-electron chi connectivity index (χ4n) is 2.23. The maximum absolute atomic E-state index is 6.03. The second-order valence-electron chi connectivity index (χ2n) is 4.84. The van der Waals surface area contributed by atoms with Gasteiger partial charge in [-0.1, -0.05) is 44.2 Å². The van der Waals surface area contributed by atoms with Crippen molar-refractivity contribution in [2.45, 2.75) is 33.1 Å². The van der Waals surface area contributed by atoms with Gasteiger partial charge in [-0.05, 0) is 18.4 Å². The maximum Gasteiger partial charge on any atom is 0.135 e. The van der Waals surface area contributed by atoms with Crippen molar-refractivity contribution >= 4 is 5.82 Å². The molecule has 94 valence electrons. The Morgan fingerprint density at radius 1 is 1.11 bits per heavy atom. The standard InChI is InChI=1S/C15H19N3/c1-10(2)14-11(3)17-13(18-15(14)16)9-12-7-5-4-6-8-12/h4-8,10H,9H2,1-3H3,(H2,16,17,18). The topological polar surface area (TPSA) is 51.8 Å².